The van der Waals surface area contributed by atoms with Crippen molar-refractivity contribution in [1.29, 1.82) is 0 Å². The van der Waals surface area contributed by atoms with Gasteiger partial charge in [-0.2, -0.15) is 0 Å². The minimum absolute atomic E-state index is 0.250. The number of carbonyl (C=O) groups excluding carboxylic acids is 2. The van der Waals surface area contributed by atoms with Crippen LogP contribution in [0.1, 0.15) is 20.7 Å². The Bertz CT molecular complexity index is 2750. The number of anilines is 2. The lowest BCUT2D eigenvalue weighted by molar-refractivity contribution is -0.671. The van der Waals surface area contributed by atoms with E-state index in [0.29, 0.717) is 22.5 Å². The van der Waals surface area contributed by atoms with Crippen LogP contribution in [0, 0.1) is 0 Å². The summed E-state index contributed by atoms with van der Waals surface area (Å²) in [5, 5.41) is 5.95. The maximum absolute atomic E-state index is 13.1. The molecule has 6 nitrogen and oxygen atoms in total. The van der Waals surface area contributed by atoms with E-state index in [1.165, 1.54) is 22.3 Å². The smallest absolute Gasteiger partial charge is 0.255 e. The minimum atomic E-state index is -0.250. The molecule has 0 radical (unpaired) electrons. The molecule has 0 fully saturated rings. The number of carbonyl (C=O) groups is 2. The summed E-state index contributed by atoms with van der Waals surface area (Å²) >= 11 is 0. The third-order valence-electron chi connectivity index (χ3n) is 11.2. The molecule has 0 aliphatic rings. The number of aromatic nitrogens is 2. The normalized spacial score (nSPS) is 10.9. The summed E-state index contributed by atoms with van der Waals surface area (Å²) in [7, 11) is 4.03. The summed E-state index contributed by atoms with van der Waals surface area (Å²) < 4.78 is 4.06. The molecule has 0 aliphatic carbocycles. The van der Waals surface area contributed by atoms with Crippen molar-refractivity contribution < 1.29 is 18.7 Å². The zero-order valence-electron chi connectivity index (χ0n) is 34.5. The standard InChI is InChI=1S/C56H42N4O2/c1-59-35-31-49(32-36-59)45-15-11-41(12-16-45)39-3-7-43(8-4-39)47-23-27-53(28-24-47)57-55(61)51-19-21-52(22-20-51)56(62)58-54-29-25-48(26-30-54)44-9-5-40(6-10-44)42-13-17-46(18-14-42)50-33-37-60(2)38-34-50/h3-38H,1-2H3/p+2. The van der Waals surface area contributed by atoms with E-state index in [2.05, 4.69) is 157 Å². The Kier molecular flexibility index (Phi) is 11.1. The Morgan fingerprint density at radius 3 is 0.661 bits per heavy atom. The van der Waals surface area contributed by atoms with Crippen molar-refractivity contribution in [3.8, 4) is 66.8 Å². The fourth-order valence-corrected chi connectivity index (χ4v) is 7.48. The van der Waals surface area contributed by atoms with Crippen molar-refractivity contribution in [1.82, 2.24) is 0 Å². The van der Waals surface area contributed by atoms with Crippen molar-refractivity contribution in [2.45, 2.75) is 0 Å². The van der Waals surface area contributed by atoms with Gasteiger partial charge in [-0.15, -0.1) is 0 Å². The van der Waals surface area contributed by atoms with E-state index in [1.54, 1.807) is 24.3 Å². The number of nitrogens with zero attached hydrogens (tertiary/aromatic N) is 2. The molecular formula is C56H44N4O2+2. The molecule has 0 saturated heterocycles. The Labute approximate surface area is 362 Å². The number of benzene rings is 7. The minimum Gasteiger partial charge on any atom is -0.322 e. The first-order valence-corrected chi connectivity index (χ1v) is 20.6. The zero-order valence-corrected chi connectivity index (χ0v) is 34.5. The van der Waals surface area contributed by atoms with Crippen molar-refractivity contribution in [3.05, 3.63) is 230 Å². The average Bonchev–Trinajstić information content (AvgIpc) is 3.33. The van der Waals surface area contributed by atoms with Crippen LogP contribution >= 0.6 is 0 Å². The topological polar surface area (TPSA) is 66.0 Å². The van der Waals surface area contributed by atoms with Gasteiger partial charge in [-0.25, -0.2) is 9.13 Å². The largest absolute Gasteiger partial charge is 0.322 e. The van der Waals surface area contributed by atoms with Gasteiger partial charge >= 0.3 is 0 Å². The van der Waals surface area contributed by atoms with E-state index in [1.807, 2.05) is 71.8 Å². The van der Waals surface area contributed by atoms with Gasteiger partial charge < -0.3 is 10.6 Å². The van der Waals surface area contributed by atoms with Crippen LogP contribution in [-0.4, -0.2) is 11.8 Å². The molecule has 9 rings (SSSR count). The number of aryl methyl sites for hydroxylation is 2. The Morgan fingerprint density at radius 2 is 0.452 bits per heavy atom. The summed E-state index contributed by atoms with van der Waals surface area (Å²) in [4.78, 5) is 26.2. The van der Waals surface area contributed by atoms with Crippen molar-refractivity contribution in [2.24, 2.45) is 14.1 Å². The van der Waals surface area contributed by atoms with Crippen molar-refractivity contribution in [2.75, 3.05) is 10.6 Å². The third-order valence-corrected chi connectivity index (χ3v) is 11.2. The first kappa shape index (κ1) is 39.3. The lowest BCUT2D eigenvalue weighted by Crippen LogP contribution is -2.25. The molecule has 6 heteroatoms. The first-order chi connectivity index (χ1) is 30.3. The second-order valence-corrected chi connectivity index (χ2v) is 15.5. The Balaban J connectivity index is 0.762. The van der Waals surface area contributed by atoms with Gasteiger partial charge in [0.2, 0.25) is 0 Å². The average molecular weight is 805 g/mol. The van der Waals surface area contributed by atoms with E-state index >= 15 is 0 Å². The van der Waals surface area contributed by atoms with Gasteiger partial charge in [0.1, 0.15) is 14.1 Å². The molecule has 298 valence electrons. The number of hydrogen-bond acceptors (Lipinski definition) is 2. The summed E-state index contributed by atoms with van der Waals surface area (Å²) in [6, 6.07) is 65.0. The molecular weight excluding hydrogens is 761 g/mol. The SMILES string of the molecule is C[n+]1ccc(-c2ccc(-c3ccc(-c4ccc(NC(=O)c5ccc(C(=O)Nc6ccc(-c7ccc(-c8ccc(-c9cc[n+](C)cc9)cc8)cc7)cc6)cc5)cc4)cc3)cc2)cc1. The van der Waals surface area contributed by atoms with Crippen LogP contribution in [-0.2, 0) is 14.1 Å². The Hall–Kier alpha value is -8.22. The van der Waals surface area contributed by atoms with Gasteiger partial charge in [0.15, 0.2) is 24.8 Å². The van der Waals surface area contributed by atoms with Crippen LogP contribution in [0.5, 0.6) is 0 Å². The van der Waals surface area contributed by atoms with Crippen LogP contribution in [0.25, 0.3) is 66.8 Å². The van der Waals surface area contributed by atoms with Gasteiger partial charge in [0.25, 0.3) is 11.8 Å². The van der Waals surface area contributed by atoms with Crippen LogP contribution in [0.2, 0.25) is 0 Å². The quantitative estimate of drug-likeness (QED) is 0.135. The van der Waals surface area contributed by atoms with Gasteiger partial charge in [0.05, 0.1) is 0 Å². The monoisotopic (exact) mass is 804 g/mol. The second-order valence-electron chi connectivity index (χ2n) is 15.5. The molecule has 2 N–H and O–H groups in total. The van der Waals surface area contributed by atoms with Gasteiger partial charge in [-0.05, 0) is 115 Å². The predicted octanol–water partition coefficient (Wildman–Crippen LogP) is 11.8. The molecule has 0 aliphatic heterocycles. The number of nitrogens with one attached hydrogen (secondary N) is 2. The van der Waals surface area contributed by atoms with Crippen molar-refractivity contribution >= 4 is 23.2 Å². The highest BCUT2D eigenvalue weighted by Gasteiger charge is 2.12. The van der Waals surface area contributed by atoms with Crippen LogP contribution in [0.3, 0.4) is 0 Å². The van der Waals surface area contributed by atoms with E-state index in [-0.39, 0.29) is 11.8 Å². The van der Waals surface area contributed by atoms with Crippen molar-refractivity contribution in [3.63, 3.8) is 0 Å². The highest BCUT2D eigenvalue weighted by atomic mass is 16.2. The van der Waals surface area contributed by atoms with Crippen LogP contribution in [0.4, 0.5) is 11.4 Å². The highest BCUT2D eigenvalue weighted by molar-refractivity contribution is 6.07. The number of hydrogen-bond donors (Lipinski definition) is 2. The van der Waals surface area contributed by atoms with E-state index in [0.717, 1.165) is 44.5 Å². The number of rotatable bonds is 10. The van der Waals surface area contributed by atoms with E-state index in [9.17, 15) is 9.59 Å². The molecule has 0 bridgehead atoms. The molecule has 0 spiro atoms. The molecule has 62 heavy (non-hydrogen) atoms. The summed E-state index contributed by atoms with van der Waals surface area (Å²) in [6.07, 6.45) is 8.22. The molecule has 0 atom stereocenters. The number of amides is 2. The predicted molar refractivity (Wildman–Crippen MR) is 250 cm³/mol. The summed E-state index contributed by atoms with van der Waals surface area (Å²) in [5.41, 5.74) is 16.0. The van der Waals surface area contributed by atoms with Gasteiger partial charge in [-0.1, -0.05) is 121 Å². The molecule has 9 aromatic rings. The third kappa shape index (κ3) is 9.00. The lowest BCUT2D eigenvalue weighted by atomic mass is 9.98. The molecule has 0 unspecified atom stereocenters. The first-order valence-electron chi connectivity index (χ1n) is 20.6. The summed E-state index contributed by atoms with van der Waals surface area (Å²) in [6.45, 7) is 0. The van der Waals surface area contributed by atoms with E-state index in [4.69, 9.17) is 0 Å². The van der Waals surface area contributed by atoms with Crippen LogP contribution in [0.15, 0.2) is 219 Å². The van der Waals surface area contributed by atoms with Crippen LogP contribution < -0.4 is 19.8 Å². The molecule has 7 aromatic carbocycles. The molecule has 0 saturated carbocycles. The fraction of sp³-hybridized carbons (Fsp3) is 0.0357. The number of pyridine rings is 2. The highest BCUT2D eigenvalue weighted by Crippen LogP contribution is 2.30. The second kappa shape index (κ2) is 17.6. The fourth-order valence-electron chi connectivity index (χ4n) is 7.48. The van der Waals surface area contributed by atoms with Gasteiger partial charge in [0, 0.05) is 46.8 Å². The molecule has 2 heterocycles. The molecule has 2 amide bonds. The zero-order chi connectivity index (χ0) is 42.4. The maximum Gasteiger partial charge on any atom is 0.255 e. The van der Waals surface area contributed by atoms with Gasteiger partial charge in [-0.3, -0.25) is 9.59 Å². The Morgan fingerprint density at radius 1 is 0.274 bits per heavy atom. The summed E-state index contributed by atoms with van der Waals surface area (Å²) in [5.74, 6) is -0.499. The lowest BCUT2D eigenvalue weighted by Gasteiger charge is -2.10. The van der Waals surface area contributed by atoms with E-state index < -0.39 is 0 Å². The molecule has 2 aromatic heterocycles. The maximum atomic E-state index is 13.1.